The summed E-state index contributed by atoms with van der Waals surface area (Å²) in [7, 11) is -3.58. The Hall–Kier alpha value is -2.44. The summed E-state index contributed by atoms with van der Waals surface area (Å²) in [5.41, 5.74) is 0.611. The molecule has 5 rings (SSSR count). The van der Waals surface area contributed by atoms with Crippen molar-refractivity contribution in [3.8, 4) is 0 Å². The Bertz CT molecular complexity index is 1330. The van der Waals surface area contributed by atoms with E-state index in [9.17, 15) is 17.6 Å². The molecule has 2 saturated heterocycles. The molecule has 11 heteroatoms. The summed E-state index contributed by atoms with van der Waals surface area (Å²) in [6, 6.07) is 10.9. The second kappa shape index (κ2) is 11.5. The first-order valence-corrected chi connectivity index (χ1v) is 15.0. The molecular weight excluding hydrogens is 515 g/mol. The van der Waals surface area contributed by atoms with Gasteiger partial charge >= 0.3 is 0 Å². The molecule has 0 radical (unpaired) electrons. The second-order valence-electron chi connectivity index (χ2n) is 9.34. The van der Waals surface area contributed by atoms with Gasteiger partial charge in [0.15, 0.2) is 5.13 Å². The summed E-state index contributed by atoms with van der Waals surface area (Å²) < 4.78 is 48.0. The molecule has 1 aromatic heterocycles. The molecule has 2 aliphatic heterocycles. The minimum absolute atomic E-state index is 0.187. The van der Waals surface area contributed by atoms with Crippen molar-refractivity contribution in [1.29, 1.82) is 0 Å². The van der Waals surface area contributed by atoms with Gasteiger partial charge in [0, 0.05) is 44.8 Å². The summed E-state index contributed by atoms with van der Waals surface area (Å²) >= 11 is 1.27. The highest BCUT2D eigenvalue weighted by Gasteiger charge is 2.27. The number of amides is 1. The van der Waals surface area contributed by atoms with E-state index in [1.54, 1.807) is 29.2 Å². The Balaban J connectivity index is 1.37. The van der Waals surface area contributed by atoms with Crippen molar-refractivity contribution < 1.29 is 22.3 Å². The zero-order valence-corrected chi connectivity index (χ0v) is 22.3. The number of sulfonamides is 1. The average Bonchev–Trinajstić information content (AvgIpc) is 3.37. The van der Waals surface area contributed by atoms with Gasteiger partial charge in [-0.25, -0.2) is 17.8 Å². The summed E-state index contributed by atoms with van der Waals surface area (Å²) in [5, 5.41) is 0.428. The third kappa shape index (κ3) is 5.85. The maximum absolute atomic E-state index is 14.4. The first-order chi connectivity index (χ1) is 17.9. The first kappa shape index (κ1) is 26.2. The fourth-order valence-corrected chi connectivity index (χ4v) is 7.28. The number of morpholine rings is 1. The quantitative estimate of drug-likeness (QED) is 0.425. The largest absolute Gasteiger partial charge is 0.379 e. The highest BCUT2D eigenvalue weighted by Crippen LogP contribution is 2.31. The maximum Gasteiger partial charge on any atom is 0.260 e. The van der Waals surface area contributed by atoms with Crippen LogP contribution >= 0.6 is 11.3 Å². The third-order valence-electron chi connectivity index (χ3n) is 6.85. The Morgan fingerprint density at radius 1 is 1.03 bits per heavy atom. The number of benzene rings is 2. The van der Waals surface area contributed by atoms with E-state index in [0.717, 1.165) is 38.9 Å². The van der Waals surface area contributed by atoms with Gasteiger partial charge in [0.2, 0.25) is 10.0 Å². The van der Waals surface area contributed by atoms with E-state index in [0.29, 0.717) is 54.7 Å². The van der Waals surface area contributed by atoms with E-state index < -0.39 is 15.8 Å². The summed E-state index contributed by atoms with van der Waals surface area (Å²) in [6.45, 7) is 5.37. The molecule has 3 heterocycles. The minimum Gasteiger partial charge on any atom is -0.379 e. The molecule has 3 aromatic rings. The van der Waals surface area contributed by atoms with Gasteiger partial charge in [0.1, 0.15) is 11.3 Å². The van der Waals surface area contributed by atoms with Crippen LogP contribution in [-0.2, 0) is 14.8 Å². The summed E-state index contributed by atoms with van der Waals surface area (Å²) in [6.07, 6.45) is 3.47. The van der Waals surface area contributed by atoms with Crippen LogP contribution in [0.4, 0.5) is 9.52 Å². The number of thiazole rings is 1. The van der Waals surface area contributed by atoms with Crippen molar-refractivity contribution in [3.63, 3.8) is 0 Å². The standard InChI is InChI=1S/C26H31FN4O4S2/c27-22-6-4-7-23-24(22)28-26(36-23)31(15-5-12-29-16-18-35-19-17-29)25(32)20-8-10-21(11-9-20)37(33,34)30-13-2-1-3-14-30/h4,6-11H,1-3,5,12-19H2. The number of rotatable bonds is 8. The van der Waals surface area contributed by atoms with Crippen molar-refractivity contribution >= 4 is 42.6 Å². The van der Waals surface area contributed by atoms with E-state index in [2.05, 4.69) is 9.88 Å². The smallest absolute Gasteiger partial charge is 0.260 e. The van der Waals surface area contributed by atoms with Crippen molar-refractivity contribution in [3.05, 3.63) is 53.8 Å². The molecule has 2 fully saturated rings. The van der Waals surface area contributed by atoms with Crippen LogP contribution in [0.1, 0.15) is 36.0 Å². The van der Waals surface area contributed by atoms with Crippen LogP contribution in [-0.4, -0.2) is 81.0 Å². The number of hydrogen-bond donors (Lipinski definition) is 0. The van der Waals surface area contributed by atoms with Crippen molar-refractivity contribution in [2.75, 3.05) is 57.4 Å². The van der Waals surface area contributed by atoms with Crippen LogP contribution in [0.3, 0.4) is 0 Å². The number of halogens is 1. The lowest BCUT2D eigenvalue weighted by Gasteiger charge is -2.28. The van der Waals surface area contributed by atoms with E-state index in [-0.39, 0.29) is 16.3 Å². The molecule has 0 atom stereocenters. The lowest BCUT2D eigenvalue weighted by molar-refractivity contribution is 0.0376. The monoisotopic (exact) mass is 546 g/mol. The molecule has 0 saturated carbocycles. The number of piperidine rings is 1. The van der Waals surface area contributed by atoms with Gasteiger partial charge in [-0.1, -0.05) is 23.8 Å². The van der Waals surface area contributed by atoms with Gasteiger partial charge in [-0.05, 0) is 55.7 Å². The minimum atomic E-state index is -3.58. The Morgan fingerprint density at radius 3 is 2.46 bits per heavy atom. The zero-order valence-electron chi connectivity index (χ0n) is 20.6. The molecule has 0 aliphatic carbocycles. The van der Waals surface area contributed by atoms with Gasteiger partial charge < -0.3 is 4.74 Å². The second-order valence-corrected chi connectivity index (χ2v) is 12.3. The Morgan fingerprint density at radius 2 is 1.76 bits per heavy atom. The van der Waals surface area contributed by atoms with Crippen molar-refractivity contribution in [1.82, 2.24) is 14.2 Å². The third-order valence-corrected chi connectivity index (χ3v) is 9.80. The fourth-order valence-electron chi connectivity index (χ4n) is 4.76. The molecular formula is C26H31FN4O4S2. The molecule has 1 amide bonds. The molecule has 8 nitrogen and oxygen atoms in total. The molecule has 2 aromatic carbocycles. The normalized spacial score (nSPS) is 17.8. The lowest BCUT2D eigenvalue weighted by atomic mass is 10.2. The average molecular weight is 547 g/mol. The first-order valence-electron chi connectivity index (χ1n) is 12.7. The number of fused-ring (bicyclic) bond motifs is 1. The van der Waals surface area contributed by atoms with Crippen LogP contribution < -0.4 is 4.90 Å². The molecule has 0 unspecified atom stereocenters. The number of para-hydroxylation sites is 1. The number of aromatic nitrogens is 1. The molecule has 37 heavy (non-hydrogen) atoms. The van der Waals surface area contributed by atoms with E-state index in [4.69, 9.17) is 4.74 Å². The SMILES string of the molecule is O=C(c1ccc(S(=O)(=O)N2CCCCC2)cc1)N(CCCN1CCOCC1)c1nc2c(F)cccc2s1. The van der Waals surface area contributed by atoms with Gasteiger partial charge in [-0.3, -0.25) is 14.6 Å². The number of hydrogen-bond acceptors (Lipinski definition) is 7. The predicted octanol–water partition coefficient (Wildman–Crippen LogP) is 3.98. The number of anilines is 1. The molecule has 0 spiro atoms. The van der Waals surface area contributed by atoms with Crippen LogP contribution in [0.5, 0.6) is 0 Å². The van der Waals surface area contributed by atoms with Gasteiger partial charge in [-0.2, -0.15) is 4.31 Å². The lowest BCUT2D eigenvalue weighted by Crippen LogP contribution is -2.39. The topological polar surface area (TPSA) is 83.1 Å². The molecule has 0 bridgehead atoms. The van der Waals surface area contributed by atoms with E-state index in [1.165, 1.54) is 33.8 Å². The summed E-state index contributed by atoms with van der Waals surface area (Å²) in [5.74, 6) is -0.712. The number of carbonyl (C=O) groups excluding carboxylic acids is 1. The van der Waals surface area contributed by atoms with Crippen molar-refractivity contribution in [2.24, 2.45) is 0 Å². The predicted molar refractivity (Wildman–Crippen MR) is 142 cm³/mol. The molecule has 0 N–H and O–H groups in total. The Labute approximate surface area is 220 Å². The zero-order chi connectivity index (χ0) is 25.8. The fraction of sp³-hybridized carbons (Fsp3) is 0.462. The molecule has 198 valence electrons. The number of ether oxygens (including phenoxy) is 1. The summed E-state index contributed by atoms with van der Waals surface area (Å²) in [4.78, 5) is 22.2. The van der Waals surface area contributed by atoms with E-state index in [1.807, 2.05) is 0 Å². The van der Waals surface area contributed by atoms with Gasteiger partial charge in [-0.15, -0.1) is 0 Å². The van der Waals surface area contributed by atoms with Crippen molar-refractivity contribution in [2.45, 2.75) is 30.6 Å². The highest BCUT2D eigenvalue weighted by atomic mass is 32.2. The highest BCUT2D eigenvalue weighted by molar-refractivity contribution is 7.89. The molecule has 2 aliphatic rings. The number of carbonyl (C=O) groups is 1. The van der Waals surface area contributed by atoms with Crippen LogP contribution in [0, 0.1) is 5.82 Å². The van der Waals surface area contributed by atoms with Crippen LogP contribution in [0.25, 0.3) is 10.2 Å². The van der Waals surface area contributed by atoms with Crippen LogP contribution in [0.2, 0.25) is 0 Å². The van der Waals surface area contributed by atoms with Crippen LogP contribution in [0.15, 0.2) is 47.4 Å². The Kier molecular flexibility index (Phi) is 8.15. The number of nitrogens with zero attached hydrogens (tertiary/aromatic N) is 4. The maximum atomic E-state index is 14.4. The van der Waals surface area contributed by atoms with Gasteiger partial charge in [0.05, 0.1) is 22.8 Å². The van der Waals surface area contributed by atoms with E-state index >= 15 is 0 Å². The van der Waals surface area contributed by atoms with Gasteiger partial charge in [0.25, 0.3) is 5.91 Å².